The number of carbonyl (C=O) groups is 1. The molecule has 1 heterocycles. The molecule has 94 valence electrons. The van der Waals surface area contributed by atoms with Crippen LogP contribution in [0.5, 0.6) is 0 Å². The van der Waals surface area contributed by atoms with Crippen LogP contribution in [-0.4, -0.2) is 20.6 Å². The molecule has 0 bridgehead atoms. The predicted molar refractivity (Wildman–Crippen MR) is 66.7 cm³/mol. The molecule has 0 aliphatic rings. The monoisotopic (exact) mass is 245 g/mol. The molecule has 0 unspecified atom stereocenters. The molecular weight excluding hydrogens is 230 g/mol. The molecule has 1 amide bonds. The Morgan fingerprint density at radius 2 is 2.00 bits per heavy atom. The van der Waals surface area contributed by atoms with Gasteiger partial charge in [-0.3, -0.25) is 4.79 Å². The first-order valence-electron chi connectivity index (χ1n) is 5.64. The number of benzene rings is 1. The summed E-state index contributed by atoms with van der Waals surface area (Å²) in [6.45, 7) is 0.484. The highest BCUT2D eigenvalue weighted by Gasteiger charge is 2.08. The van der Waals surface area contributed by atoms with E-state index >= 15 is 0 Å². The van der Waals surface area contributed by atoms with Gasteiger partial charge in [0.2, 0.25) is 0 Å². The lowest BCUT2D eigenvalue weighted by atomic mass is 10.1. The Morgan fingerprint density at radius 3 is 2.56 bits per heavy atom. The van der Waals surface area contributed by atoms with Crippen LogP contribution in [-0.2, 0) is 20.2 Å². The van der Waals surface area contributed by atoms with Crippen molar-refractivity contribution in [3.8, 4) is 0 Å². The molecular formula is C13H15N3O2. The number of hydrogen-bond donors (Lipinski definition) is 2. The van der Waals surface area contributed by atoms with Crippen LogP contribution < -0.4 is 5.32 Å². The molecule has 0 aliphatic heterocycles. The average molecular weight is 245 g/mol. The van der Waals surface area contributed by atoms with Crippen LogP contribution in [0.3, 0.4) is 0 Å². The third kappa shape index (κ3) is 2.75. The molecule has 5 nitrogen and oxygen atoms in total. The molecule has 0 saturated carbocycles. The number of aryl methyl sites for hydroxylation is 1. The highest BCUT2D eigenvalue weighted by molar-refractivity contribution is 5.92. The lowest BCUT2D eigenvalue weighted by Crippen LogP contribution is -2.24. The summed E-state index contributed by atoms with van der Waals surface area (Å²) >= 11 is 0. The van der Waals surface area contributed by atoms with Crippen molar-refractivity contribution in [1.82, 2.24) is 14.9 Å². The second-order valence-corrected chi connectivity index (χ2v) is 4.05. The summed E-state index contributed by atoms with van der Waals surface area (Å²) in [5.74, 6) is -0.152. The van der Waals surface area contributed by atoms with Gasteiger partial charge in [0.1, 0.15) is 5.69 Å². The normalized spacial score (nSPS) is 10.3. The van der Waals surface area contributed by atoms with Crippen LogP contribution in [0.25, 0.3) is 0 Å². The number of nitrogens with one attached hydrogen (secondary N) is 1. The lowest BCUT2D eigenvalue weighted by molar-refractivity contribution is 0.0942. The maximum atomic E-state index is 11.8. The highest BCUT2D eigenvalue weighted by Crippen LogP contribution is 2.04. The van der Waals surface area contributed by atoms with Gasteiger partial charge in [-0.2, -0.15) is 0 Å². The van der Waals surface area contributed by atoms with Crippen molar-refractivity contribution >= 4 is 5.91 Å². The smallest absolute Gasteiger partial charge is 0.269 e. The standard InChI is InChI=1S/C13H15N3O2/c1-16-9-14-7-12(16)13(18)15-6-10-2-4-11(8-17)5-3-10/h2-5,7,9,17H,6,8H2,1H3,(H,15,18). The van der Waals surface area contributed by atoms with Crippen molar-refractivity contribution in [3.63, 3.8) is 0 Å². The van der Waals surface area contributed by atoms with Crippen LogP contribution in [0.15, 0.2) is 36.8 Å². The first kappa shape index (κ1) is 12.3. The van der Waals surface area contributed by atoms with Gasteiger partial charge >= 0.3 is 0 Å². The maximum Gasteiger partial charge on any atom is 0.269 e. The molecule has 0 radical (unpaired) electrons. The van der Waals surface area contributed by atoms with Crippen LogP contribution in [0.2, 0.25) is 0 Å². The maximum absolute atomic E-state index is 11.8. The molecule has 2 aromatic rings. The van der Waals surface area contributed by atoms with Gasteiger partial charge in [0.15, 0.2) is 0 Å². The van der Waals surface area contributed by atoms with E-state index in [9.17, 15) is 4.79 Å². The van der Waals surface area contributed by atoms with Crippen molar-refractivity contribution in [2.45, 2.75) is 13.2 Å². The van der Waals surface area contributed by atoms with Crippen molar-refractivity contribution in [3.05, 3.63) is 53.6 Å². The quantitative estimate of drug-likeness (QED) is 0.839. The summed E-state index contributed by atoms with van der Waals surface area (Å²) in [5, 5.41) is 11.7. The van der Waals surface area contributed by atoms with E-state index in [1.807, 2.05) is 24.3 Å². The van der Waals surface area contributed by atoms with E-state index in [0.29, 0.717) is 12.2 Å². The van der Waals surface area contributed by atoms with E-state index in [4.69, 9.17) is 5.11 Å². The number of aliphatic hydroxyl groups is 1. The molecule has 0 spiro atoms. The molecule has 1 aromatic heterocycles. The van der Waals surface area contributed by atoms with Crippen molar-refractivity contribution in [1.29, 1.82) is 0 Å². The largest absolute Gasteiger partial charge is 0.392 e. The molecule has 0 fully saturated rings. The zero-order valence-electron chi connectivity index (χ0n) is 10.1. The molecule has 18 heavy (non-hydrogen) atoms. The SMILES string of the molecule is Cn1cncc1C(=O)NCc1ccc(CO)cc1. The van der Waals surface area contributed by atoms with E-state index in [-0.39, 0.29) is 12.5 Å². The van der Waals surface area contributed by atoms with E-state index in [0.717, 1.165) is 11.1 Å². The molecule has 0 atom stereocenters. The first-order valence-corrected chi connectivity index (χ1v) is 5.64. The molecule has 0 aliphatic carbocycles. The van der Waals surface area contributed by atoms with Crippen LogP contribution in [0.4, 0.5) is 0 Å². The number of carbonyl (C=O) groups excluding carboxylic acids is 1. The van der Waals surface area contributed by atoms with E-state index in [1.54, 1.807) is 17.9 Å². The highest BCUT2D eigenvalue weighted by atomic mass is 16.3. The number of amides is 1. The second kappa shape index (κ2) is 5.46. The fraction of sp³-hybridized carbons (Fsp3) is 0.231. The zero-order valence-corrected chi connectivity index (χ0v) is 10.1. The Labute approximate surface area is 105 Å². The first-order chi connectivity index (χ1) is 8.70. The van der Waals surface area contributed by atoms with Crippen LogP contribution in [0.1, 0.15) is 21.6 Å². The third-order valence-corrected chi connectivity index (χ3v) is 2.71. The number of nitrogens with zero attached hydrogens (tertiary/aromatic N) is 2. The average Bonchev–Trinajstić information content (AvgIpc) is 2.83. The summed E-state index contributed by atoms with van der Waals surface area (Å²) in [4.78, 5) is 15.7. The van der Waals surface area contributed by atoms with Gasteiger partial charge in [0.25, 0.3) is 5.91 Å². The Hall–Kier alpha value is -2.14. The Morgan fingerprint density at radius 1 is 1.33 bits per heavy atom. The fourth-order valence-electron chi connectivity index (χ4n) is 1.61. The fourth-order valence-corrected chi connectivity index (χ4v) is 1.61. The van der Waals surface area contributed by atoms with Crippen molar-refractivity contribution < 1.29 is 9.90 Å². The summed E-state index contributed by atoms with van der Waals surface area (Å²) in [6.07, 6.45) is 3.12. The summed E-state index contributed by atoms with van der Waals surface area (Å²) in [6, 6.07) is 7.45. The minimum absolute atomic E-state index is 0.0294. The zero-order chi connectivity index (χ0) is 13.0. The van der Waals surface area contributed by atoms with Crippen molar-refractivity contribution in [2.75, 3.05) is 0 Å². The van der Waals surface area contributed by atoms with Gasteiger partial charge in [-0.05, 0) is 11.1 Å². The van der Waals surface area contributed by atoms with Gasteiger partial charge in [-0.1, -0.05) is 24.3 Å². The van der Waals surface area contributed by atoms with Crippen LogP contribution in [0, 0.1) is 0 Å². The van der Waals surface area contributed by atoms with Gasteiger partial charge in [0, 0.05) is 13.6 Å². The number of imidazole rings is 1. The predicted octanol–water partition coefficient (Wildman–Crippen LogP) is 0.842. The molecule has 1 aromatic carbocycles. The third-order valence-electron chi connectivity index (χ3n) is 2.71. The van der Waals surface area contributed by atoms with Gasteiger partial charge in [-0.25, -0.2) is 4.98 Å². The number of aromatic nitrogens is 2. The van der Waals surface area contributed by atoms with Gasteiger partial charge < -0.3 is 15.0 Å². The van der Waals surface area contributed by atoms with E-state index in [1.165, 1.54) is 6.20 Å². The Balaban J connectivity index is 1.95. The van der Waals surface area contributed by atoms with Gasteiger partial charge in [-0.15, -0.1) is 0 Å². The lowest BCUT2D eigenvalue weighted by Gasteiger charge is -2.06. The minimum Gasteiger partial charge on any atom is -0.392 e. The molecule has 5 heteroatoms. The van der Waals surface area contributed by atoms with E-state index in [2.05, 4.69) is 10.3 Å². The summed E-state index contributed by atoms with van der Waals surface area (Å²) in [5.41, 5.74) is 2.38. The van der Waals surface area contributed by atoms with Gasteiger partial charge in [0.05, 0.1) is 19.1 Å². The number of aliphatic hydroxyl groups excluding tert-OH is 1. The van der Waals surface area contributed by atoms with Crippen LogP contribution >= 0.6 is 0 Å². The molecule has 2 N–H and O–H groups in total. The Kier molecular flexibility index (Phi) is 3.74. The summed E-state index contributed by atoms with van der Waals surface area (Å²) < 4.78 is 1.67. The summed E-state index contributed by atoms with van der Waals surface area (Å²) in [7, 11) is 1.78. The van der Waals surface area contributed by atoms with E-state index < -0.39 is 0 Å². The second-order valence-electron chi connectivity index (χ2n) is 4.05. The topological polar surface area (TPSA) is 67.2 Å². The molecule has 2 rings (SSSR count). The Bertz CT molecular complexity index is 531. The minimum atomic E-state index is -0.152. The molecule has 0 saturated heterocycles. The number of hydrogen-bond acceptors (Lipinski definition) is 3. The number of rotatable bonds is 4. The van der Waals surface area contributed by atoms with Crippen molar-refractivity contribution in [2.24, 2.45) is 7.05 Å².